The van der Waals surface area contributed by atoms with Gasteiger partial charge in [0.05, 0.1) is 13.2 Å². The van der Waals surface area contributed by atoms with Crippen LogP contribution in [0, 0.1) is 41.5 Å². The standard InChI is InChI=1S/C27H40O4/c1-18-16-24(20(3)22(5)26(18)28)30-14-12-10-8-7-9-11-13-15-31-25-17-19(2)27(29)23(6)21(25)4/h16-17,28-29H,7-15H2,1-6H3. The lowest BCUT2D eigenvalue weighted by Gasteiger charge is -2.14. The van der Waals surface area contributed by atoms with Crippen molar-refractivity contribution in [2.24, 2.45) is 0 Å². The average Bonchev–Trinajstić information content (AvgIpc) is 2.75. The van der Waals surface area contributed by atoms with Crippen molar-refractivity contribution in [3.8, 4) is 23.0 Å². The maximum atomic E-state index is 9.99. The predicted octanol–water partition coefficient (Wildman–Crippen LogP) is 7.14. The molecule has 0 saturated heterocycles. The minimum absolute atomic E-state index is 0.374. The molecule has 0 fully saturated rings. The van der Waals surface area contributed by atoms with Crippen LogP contribution in [0.4, 0.5) is 0 Å². The number of hydrogen-bond acceptors (Lipinski definition) is 4. The van der Waals surface area contributed by atoms with Gasteiger partial charge in [0.2, 0.25) is 0 Å². The summed E-state index contributed by atoms with van der Waals surface area (Å²) in [4.78, 5) is 0. The van der Waals surface area contributed by atoms with Crippen molar-refractivity contribution in [2.75, 3.05) is 13.2 Å². The summed E-state index contributed by atoms with van der Waals surface area (Å²) in [7, 11) is 0. The first-order valence-corrected chi connectivity index (χ1v) is 11.6. The van der Waals surface area contributed by atoms with Gasteiger partial charge in [-0.1, -0.05) is 32.1 Å². The minimum Gasteiger partial charge on any atom is -0.507 e. The van der Waals surface area contributed by atoms with Gasteiger partial charge in [-0.15, -0.1) is 0 Å². The fourth-order valence-corrected chi connectivity index (χ4v) is 3.81. The molecule has 4 nitrogen and oxygen atoms in total. The molecule has 0 aromatic heterocycles. The third-order valence-electron chi connectivity index (χ3n) is 6.32. The quantitative estimate of drug-likeness (QED) is 0.353. The molecule has 0 bridgehead atoms. The number of aryl methyl sites for hydroxylation is 2. The second-order valence-corrected chi connectivity index (χ2v) is 8.75. The first kappa shape index (κ1) is 24.9. The van der Waals surface area contributed by atoms with E-state index in [1.165, 1.54) is 32.1 Å². The number of unbranched alkanes of at least 4 members (excludes halogenated alkanes) is 6. The van der Waals surface area contributed by atoms with Gasteiger partial charge in [-0.3, -0.25) is 0 Å². The first-order valence-electron chi connectivity index (χ1n) is 11.6. The third kappa shape index (κ3) is 6.81. The van der Waals surface area contributed by atoms with Crippen LogP contribution >= 0.6 is 0 Å². The molecule has 0 heterocycles. The highest BCUT2D eigenvalue weighted by Crippen LogP contribution is 2.33. The van der Waals surface area contributed by atoms with Crippen LogP contribution in [0.1, 0.15) is 78.3 Å². The second kappa shape index (κ2) is 11.9. The number of aromatic hydroxyl groups is 2. The highest BCUT2D eigenvalue weighted by molar-refractivity contribution is 5.52. The van der Waals surface area contributed by atoms with Crippen molar-refractivity contribution in [1.29, 1.82) is 0 Å². The fourth-order valence-electron chi connectivity index (χ4n) is 3.81. The molecule has 0 atom stereocenters. The second-order valence-electron chi connectivity index (χ2n) is 8.75. The molecule has 2 N–H and O–H groups in total. The molecule has 31 heavy (non-hydrogen) atoms. The summed E-state index contributed by atoms with van der Waals surface area (Å²) in [6.45, 7) is 13.1. The van der Waals surface area contributed by atoms with E-state index in [0.717, 1.165) is 70.9 Å². The van der Waals surface area contributed by atoms with E-state index >= 15 is 0 Å². The molecule has 2 aromatic rings. The van der Waals surface area contributed by atoms with Crippen LogP contribution in [0.15, 0.2) is 12.1 Å². The SMILES string of the molecule is Cc1cc(OCCCCCCCCCOc2cc(C)c(O)c(C)c2C)c(C)c(C)c1O. The normalized spacial score (nSPS) is 11.0. The third-order valence-corrected chi connectivity index (χ3v) is 6.32. The van der Waals surface area contributed by atoms with Gasteiger partial charge in [0.15, 0.2) is 0 Å². The Morgan fingerprint density at radius 1 is 0.516 bits per heavy atom. The Morgan fingerprint density at radius 2 is 0.839 bits per heavy atom. The van der Waals surface area contributed by atoms with Crippen LogP contribution < -0.4 is 9.47 Å². The Hall–Kier alpha value is -2.36. The summed E-state index contributed by atoms with van der Waals surface area (Å²) >= 11 is 0. The summed E-state index contributed by atoms with van der Waals surface area (Å²) in [6, 6.07) is 3.87. The molecular formula is C27H40O4. The summed E-state index contributed by atoms with van der Waals surface area (Å²) in [6.07, 6.45) is 8.17. The highest BCUT2D eigenvalue weighted by Gasteiger charge is 2.11. The van der Waals surface area contributed by atoms with E-state index in [9.17, 15) is 10.2 Å². The molecule has 0 amide bonds. The van der Waals surface area contributed by atoms with Crippen LogP contribution in [0.3, 0.4) is 0 Å². The van der Waals surface area contributed by atoms with Crippen molar-refractivity contribution in [1.82, 2.24) is 0 Å². The molecule has 172 valence electrons. The van der Waals surface area contributed by atoms with Crippen molar-refractivity contribution in [2.45, 2.75) is 86.5 Å². The summed E-state index contributed by atoms with van der Waals surface area (Å²) < 4.78 is 11.9. The van der Waals surface area contributed by atoms with Gasteiger partial charge in [-0.2, -0.15) is 0 Å². The van der Waals surface area contributed by atoms with E-state index in [1.807, 2.05) is 53.7 Å². The molecule has 0 saturated carbocycles. The number of phenols is 2. The Kier molecular flexibility index (Phi) is 9.54. The minimum atomic E-state index is 0.374. The molecule has 0 aliphatic carbocycles. The van der Waals surface area contributed by atoms with Crippen molar-refractivity contribution >= 4 is 0 Å². The van der Waals surface area contributed by atoms with Crippen LogP contribution in [0.2, 0.25) is 0 Å². The van der Waals surface area contributed by atoms with E-state index in [4.69, 9.17) is 9.47 Å². The summed E-state index contributed by atoms with van der Waals surface area (Å²) in [5.74, 6) is 2.53. The maximum absolute atomic E-state index is 9.99. The highest BCUT2D eigenvalue weighted by atomic mass is 16.5. The van der Waals surface area contributed by atoms with Gasteiger partial charge >= 0.3 is 0 Å². The van der Waals surface area contributed by atoms with Gasteiger partial charge in [-0.25, -0.2) is 0 Å². The fraction of sp³-hybridized carbons (Fsp3) is 0.556. The van der Waals surface area contributed by atoms with Gasteiger partial charge < -0.3 is 19.7 Å². The lowest BCUT2D eigenvalue weighted by atomic mass is 10.0. The monoisotopic (exact) mass is 428 g/mol. The molecule has 2 aromatic carbocycles. The van der Waals surface area contributed by atoms with E-state index < -0.39 is 0 Å². The molecule has 4 heteroatoms. The smallest absolute Gasteiger partial charge is 0.122 e. The first-order chi connectivity index (χ1) is 14.7. The Morgan fingerprint density at radius 3 is 1.19 bits per heavy atom. The predicted molar refractivity (Wildman–Crippen MR) is 128 cm³/mol. The van der Waals surface area contributed by atoms with Gasteiger partial charge in [0.1, 0.15) is 23.0 Å². The van der Waals surface area contributed by atoms with E-state index in [2.05, 4.69) is 0 Å². The zero-order chi connectivity index (χ0) is 23.0. The molecular weight excluding hydrogens is 388 g/mol. The zero-order valence-corrected chi connectivity index (χ0v) is 20.2. The Balaban J connectivity index is 1.54. The number of ether oxygens (including phenoxy) is 2. The Bertz CT molecular complexity index is 799. The van der Waals surface area contributed by atoms with Crippen LogP contribution in [0.5, 0.6) is 23.0 Å². The summed E-state index contributed by atoms with van der Waals surface area (Å²) in [5.41, 5.74) is 5.60. The van der Waals surface area contributed by atoms with Gasteiger partial charge in [0.25, 0.3) is 0 Å². The number of benzene rings is 2. The van der Waals surface area contributed by atoms with Crippen LogP contribution in [-0.2, 0) is 0 Å². The number of phenolic OH excluding ortho intramolecular Hbond substituents is 2. The molecule has 0 radical (unpaired) electrons. The van der Waals surface area contributed by atoms with Gasteiger partial charge in [0, 0.05) is 0 Å². The molecule has 0 aliphatic heterocycles. The summed E-state index contributed by atoms with van der Waals surface area (Å²) in [5, 5.41) is 20.0. The van der Waals surface area contributed by atoms with Crippen molar-refractivity contribution in [3.63, 3.8) is 0 Å². The van der Waals surface area contributed by atoms with Crippen LogP contribution in [-0.4, -0.2) is 23.4 Å². The lowest BCUT2D eigenvalue weighted by Crippen LogP contribution is -2.01. The van der Waals surface area contributed by atoms with E-state index in [0.29, 0.717) is 11.5 Å². The largest absolute Gasteiger partial charge is 0.507 e. The molecule has 0 aliphatic rings. The number of rotatable bonds is 12. The topological polar surface area (TPSA) is 58.9 Å². The van der Waals surface area contributed by atoms with Crippen LogP contribution in [0.25, 0.3) is 0 Å². The number of hydrogen-bond donors (Lipinski definition) is 2. The molecule has 0 unspecified atom stereocenters. The molecule has 2 rings (SSSR count). The average molecular weight is 429 g/mol. The van der Waals surface area contributed by atoms with Crippen molar-refractivity contribution in [3.05, 3.63) is 45.5 Å². The molecule has 0 spiro atoms. The maximum Gasteiger partial charge on any atom is 0.122 e. The lowest BCUT2D eigenvalue weighted by molar-refractivity contribution is 0.297. The van der Waals surface area contributed by atoms with Gasteiger partial charge in [-0.05, 0) is 99.9 Å². The Labute approximate surface area is 188 Å². The van der Waals surface area contributed by atoms with Crippen molar-refractivity contribution < 1.29 is 19.7 Å². The van der Waals surface area contributed by atoms with E-state index in [1.54, 1.807) is 0 Å². The zero-order valence-electron chi connectivity index (χ0n) is 20.2. The van der Waals surface area contributed by atoms with E-state index in [-0.39, 0.29) is 0 Å².